The van der Waals surface area contributed by atoms with Crippen LogP contribution in [0.15, 0.2) is 11.6 Å². The Bertz CT molecular complexity index is 330. The predicted molar refractivity (Wildman–Crippen MR) is 62.7 cm³/mol. The Morgan fingerprint density at radius 2 is 1.94 bits per heavy atom. The van der Waals surface area contributed by atoms with Crippen LogP contribution in [0.1, 0.15) is 51.4 Å². The van der Waals surface area contributed by atoms with Crippen molar-refractivity contribution in [3.63, 3.8) is 0 Å². The third-order valence-electron chi connectivity index (χ3n) is 3.52. The maximum atomic E-state index is 11.7. The molecule has 0 aromatic rings. The van der Waals surface area contributed by atoms with Gasteiger partial charge in [0.1, 0.15) is 0 Å². The maximum absolute atomic E-state index is 11.7. The predicted octanol–water partition coefficient (Wildman–Crippen LogP) is 2.25. The Morgan fingerprint density at radius 3 is 2.59 bits per heavy atom. The molecule has 0 heterocycles. The van der Waals surface area contributed by atoms with E-state index in [9.17, 15) is 9.59 Å². The molecule has 0 atom stereocenters. The van der Waals surface area contributed by atoms with Gasteiger partial charge in [-0.2, -0.15) is 5.48 Å². The average molecular weight is 237 g/mol. The van der Waals surface area contributed by atoms with E-state index in [0.717, 1.165) is 50.5 Å². The van der Waals surface area contributed by atoms with Crippen LogP contribution in [0.5, 0.6) is 0 Å². The van der Waals surface area contributed by atoms with E-state index in [1.54, 1.807) is 0 Å². The van der Waals surface area contributed by atoms with E-state index in [-0.39, 0.29) is 17.8 Å². The lowest BCUT2D eigenvalue weighted by Gasteiger charge is -2.19. The largest absolute Gasteiger partial charge is 0.340 e. The van der Waals surface area contributed by atoms with Crippen molar-refractivity contribution in [2.45, 2.75) is 51.4 Å². The molecule has 17 heavy (non-hydrogen) atoms. The number of allylic oxidation sites excluding steroid dienone is 1. The van der Waals surface area contributed by atoms with Crippen molar-refractivity contribution in [1.82, 2.24) is 5.48 Å². The molecule has 1 saturated carbocycles. The molecule has 1 fully saturated rings. The molecular weight excluding hydrogens is 218 g/mol. The molecule has 0 radical (unpaired) electrons. The van der Waals surface area contributed by atoms with Gasteiger partial charge in [-0.3, -0.25) is 4.79 Å². The van der Waals surface area contributed by atoms with Crippen LogP contribution >= 0.6 is 0 Å². The van der Waals surface area contributed by atoms with Crippen LogP contribution in [0, 0.1) is 5.92 Å². The molecule has 0 unspecified atom stereocenters. The van der Waals surface area contributed by atoms with Gasteiger partial charge in [0, 0.05) is 5.57 Å². The van der Waals surface area contributed by atoms with Gasteiger partial charge in [0.05, 0.1) is 5.92 Å². The summed E-state index contributed by atoms with van der Waals surface area (Å²) < 4.78 is 0. The molecule has 4 heteroatoms. The second-order valence-electron chi connectivity index (χ2n) is 4.81. The lowest BCUT2D eigenvalue weighted by molar-refractivity contribution is -0.162. The van der Waals surface area contributed by atoms with Gasteiger partial charge in [0.2, 0.25) is 0 Å². The molecule has 2 aliphatic carbocycles. The summed E-state index contributed by atoms with van der Waals surface area (Å²) in [6.07, 6.45) is 9.78. The Hall–Kier alpha value is -1.32. The van der Waals surface area contributed by atoms with Crippen molar-refractivity contribution in [2.75, 3.05) is 0 Å². The van der Waals surface area contributed by atoms with Crippen LogP contribution in [0.4, 0.5) is 0 Å². The summed E-state index contributed by atoms with van der Waals surface area (Å²) >= 11 is 0. The van der Waals surface area contributed by atoms with Crippen LogP contribution in [-0.4, -0.2) is 11.9 Å². The molecule has 0 aliphatic heterocycles. The van der Waals surface area contributed by atoms with Gasteiger partial charge in [-0.15, -0.1) is 0 Å². The van der Waals surface area contributed by atoms with Crippen molar-refractivity contribution in [3.8, 4) is 0 Å². The van der Waals surface area contributed by atoms with E-state index in [0.29, 0.717) is 0 Å². The smallest absolute Gasteiger partial charge is 0.335 e. The zero-order valence-corrected chi connectivity index (χ0v) is 10.0. The van der Waals surface area contributed by atoms with Crippen LogP contribution < -0.4 is 5.48 Å². The first-order valence-corrected chi connectivity index (χ1v) is 6.47. The second-order valence-corrected chi connectivity index (χ2v) is 4.81. The fraction of sp³-hybridized carbons (Fsp3) is 0.692. The van der Waals surface area contributed by atoms with Gasteiger partial charge in [0.15, 0.2) is 0 Å². The lowest BCUT2D eigenvalue weighted by atomic mass is 9.89. The third kappa shape index (κ3) is 3.32. The van der Waals surface area contributed by atoms with Crippen LogP contribution in [-0.2, 0) is 14.4 Å². The minimum absolute atomic E-state index is 0.0263. The molecule has 1 N–H and O–H groups in total. The molecule has 2 rings (SSSR count). The third-order valence-corrected chi connectivity index (χ3v) is 3.52. The van der Waals surface area contributed by atoms with Crippen LogP contribution in [0.25, 0.3) is 0 Å². The van der Waals surface area contributed by atoms with Gasteiger partial charge >= 0.3 is 5.97 Å². The van der Waals surface area contributed by atoms with E-state index < -0.39 is 0 Å². The summed E-state index contributed by atoms with van der Waals surface area (Å²) in [5, 5.41) is 0. The molecule has 0 aromatic carbocycles. The first kappa shape index (κ1) is 12.1. The SMILES string of the molecule is O=C(NOC(=O)C1CCCCC1)C1=CCCC1. The van der Waals surface area contributed by atoms with E-state index in [1.807, 2.05) is 6.08 Å². The van der Waals surface area contributed by atoms with Gasteiger partial charge in [-0.05, 0) is 32.1 Å². The lowest BCUT2D eigenvalue weighted by Crippen LogP contribution is -2.31. The zero-order chi connectivity index (χ0) is 12.1. The molecule has 4 nitrogen and oxygen atoms in total. The first-order chi connectivity index (χ1) is 8.27. The van der Waals surface area contributed by atoms with Gasteiger partial charge in [0.25, 0.3) is 5.91 Å². The number of carbonyl (C=O) groups is 2. The normalized spacial score (nSPS) is 20.8. The molecule has 94 valence electrons. The number of hydrogen-bond donors (Lipinski definition) is 1. The number of carbonyl (C=O) groups excluding carboxylic acids is 2. The first-order valence-electron chi connectivity index (χ1n) is 6.47. The Balaban J connectivity index is 1.73. The van der Waals surface area contributed by atoms with Crippen LogP contribution in [0.3, 0.4) is 0 Å². The number of amides is 1. The molecule has 0 saturated heterocycles. The maximum Gasteiger partial charge on any atom is 0.335 e. The van der Waals surface area contributed by atoms with Gasteiger partial charge in [-0.1, -0.05) is 25.3 Å². The number of nitrogens with one attached hydrogen (secondary N) is 1. The standard InChI is InChI=1S/C13H19NO3/c15-12(10-6-4-5-7-10)14-17-13(16)11-8-2-1-3-9-11/h6,11H,1-5,7-9H2,(H,14,15). The highest BCUT2D eigenvalue weighted by molar-refractivity contribution is 5.93. The summed E-state index contributed by atoms with van der Waals surface area (Å²) in [6.45, 7) is 0. The highest BCUT2D eigenvalue weighted by atomic mass is 16.7. The minimum Gasteiger partial charge on any atom is -0.340 e. The Labute approximate surface area is 101 Å². The van der Waals surface area contributed by atoms with E-state index in [2.05, 4.69) is 5.48 Å². The van der Waals surface area contributed by atoms with Crippen molar-refractivity contribution in [1.29, 1.82) is 0 Å². The van der Waals surface area contributed by atoms with Crippen LogP contribution in [0.2, 0.25) is 0 Å². The fourth-order valence-electron chi connectivity index (χ4n) is 2.46. The molecule has 1 amide bonds. The Morgan fingerprint density at radius 1 is 1.18 bits per heavy atom. The van der Waals surface area contributed by atoms with Crippen molar-refractivity contribution >= 4 is 11.9 Å². The molecule has 0 spiro atoms. The summed E-state index contributed by atoms with van der Waals surface area (Å²) in [5.41, 5.74) is 3.00. The summed E-state index contributed by atoms with van der Waals surface area (Å²) in [4.78, 5) is 28.1. The summed E-state index contributed by atoms with van der Waals surface area (Å²) in [6, 6.07) is 0. The minimum atomic E-state index is -0.281. The van der Waals surface area contributed by atoms with E-state index in [1.165, 1.54) is 6.42 Å². The molecular formula is C13H19NO3. The zero-order valence-electron chi connectivity index (χ0n) is 10.0. The van der Waals surface area contributed by atoms with E-state index >= 15 is 0 Å². The van der Waals surface area contributed by atoms with Crippen molar-refractivity contribution < 1.29 is 14.4 Å². The number of hydrogen-bond acceptors (Lipinski definition) is 3. The Kier molecular flexibility index (Phi) is 4.18. The number of hydroxylamine groups is 1. The van der Waals surface area contributed by atoms with Crippen molar-refractivity contribution in [3.05, 3.63) is 11.6 Å². The fourth-order valence-corrected chi connectivity index (χ4v) is 2.46. The van der Waals surface area contributed by atoms with Crippen molar-refractivity contribution in [2.24, 2.45) is 5.92 Å². The summed E-state index contributed by atoms with van der Waals surface area (Å²) in [7, 11) is 0. The topological polar surface area (TPSA) is 55.4 Å². The molecule has 2 aliphatic rings. The second kappa shape index (κ2) is 5.84. The monoisotopic (exact) mass is 237 g/mol. The van der Waals surface area contributed by atoms with E-state index in [4.69, 9.17) is 4.84 Å². The van der Waals surface area contributed by atoms with Gasteiger partial charge < -0.3 is 4.84 Å². The van der Waals surface area contributed by atoms with Gasteiger partial charge in [-0.25, -0.2) is 4.79 Å². The number of rotatable bonds is 2. The molecule has 0 aromatic heterocycles. The quantitative estimate of drug-likeness (QED) is 0.749. The summed E-state index contributed by atoms with van der Waals surface area (Å²) in [5.74, 6) is -0.565. The molecule has 0 bridgehead atoms. The average Bonchev–Trinajstić information content (AvgIpc) is 2.90. The highest BCUT2D eigenvalue weighted by Gasteiger charge is 2.24. The highest BCUT2D eigenvalue weighted by Crippen LogP contribution is 2.24.